The van der Waals surface area contributed by atoms with Crippen molar-refractivity contribution in [1.29, 1.82) is 0 Å². The number of carbonyl (C=O) groups is 2. The van der Waals surface area contributed by atoms with Crippen molar-refractivity contribution < 1.29 is 19.8 Å². The molecule has 0 saturated heterocycles. The molecule has 3 fully saturated rings. The molecule has 4 aliphatic carbocycles. The third-order valence-electron chi connectivity index (χ3n) is 9.06. The highest BCUT2D eigenvalue weighted by molar-refractivity contribution is 5.93. The molecule has 148 valence electrons. The van der Waals surface area contributed by atoms with Crippen molar-refractivity contribution in [3.63, 3.8) is 0 Å². The predicted molar refractivity (Wildman–Crippen MR) is 103 cm³/mol. The molecular formula is C23H32O4. The summed E-state index contributed by atoms with van der Waals surface area (Å²) in [5, 5.41) is 22.2. The molecule has 7 atom stereocenters. The highest BCUT2D eigenvalue weighted by Crippen LogP contribution is 2.68. The molecule has 27 heavy (non-hydrogen) atoms. The lowest BCUT2D eigenvalue weighted by atomic mass is 9.45. The van der Waals surface area contributed by atoms with Gasteiger partial charge in [-0.05, 0) is 80.9 Å². The van der Waals surface area contributed by atoms with Crippen molar-refractivity contribution in [2.24, 2.45) is 28.6 Å². The highest BCUT2D eigenvalue weighted by atomic mass is 16.3. The van der Waals surface area contributed by atoms with Gasteiger partial charge in [0.05, 0.1) is 6.10 Å². The second-order valence-electron chi connectivity index (χ2n) is 9.83. The highest BCUT2D eigenvalue weighted by Gasteiger charge is 2.66. The van der Waals surface area contributed by atoms with Crippen LogP contribution in [-0.2, 0) is 9.59 Å². The molecule has 4 aliphatic rings. The van der Waals surface area contributed by atoms with Crippen LogP contribution in [0.3, 0.4) is 0 Å². The van der Waals surface area contributed by atoms with E-state index < -0.39 is 22.5 Å². The van der Waals surface area contributed by atoms with Gasteiger partial charge in [0.2, 0.25) is 0 Å². The van der Waals surface area contributed by atoms with Crippen molar-refractivity contribution in [3.05, 3.63) is 23.3 Å². The van der Waals surface area contributed by atoms with Gasteiger partial charge in [-0.1, -0.05) is 19.9 Å². The molecule has 0 spiro atoms. The maximum Gasteiger partial charge on any atom is 0.161 e. The Morgan fingerprint density at radius 3 is 2.48 bits per heavy atom. The monoisotopic (exact) mass is 372 g/mol. The largest absolute Gasteiger partial charge is 0.392 e. The summed E-state index contributed by atoms with van der Waals surface area (Å²) < 4.78 is 0. The third-order valence-corrected chi connectivity index (χ3v) is 9.06. The van der Waals surface area contributed by atoms with Gasteiger partial charge in [-0.15, -0.1) is 0 Å². The molecule has 0 aromatic heterocycles. The van der Waals surface area contributed by atoms with Crippen molar-refractivity contribution in [2.75, 3.05) is 0 Å². The van der Waals surface area contributed by atoms with Crippen LogP contribution in [-0.4, -0.2) is 33.5 Å². The topological polar surface area (TPSA) is 74.6 Å². The lowest BCUT2D eigenvalue weighted by Crippen LogP contribution is -2.59. The molecule has 0 bridgehead atoms. The first kappa shape index (κ1) is 19.1. The molecule has 0 heterocycles. The van der Waals surface area contributed by atoms with Crippen LogP contribution in [0, 0.1) is 28.6 Å². The number of rotatable bonds is 1. The van der Waals surface area contributed by atoms with E-state index in [0.717, 1.165) is 36.8 Å². The van der Waals surface area contributed by atoms with Crippen molar-refractivity contribution in [2.45, 2.75) is 77.9 Å². The Kier molecular flexibility index (Phi) is 4.15. The zero-order valence-electron chi connectivity index (χ0n) is 16.9. The first-order valence-corrected chi connectivity index (χ1v) is 10.4. The number of hydrogen-bond donors (Lipinski definition) is 2. The fraction of sp³-hybridized carbons (Fsp3) is 0.739. The zero-order valence-corrected chi connectivity index (χ0v) is 16.9. The summed E-state index contributed by atoms with van der Waals surface area (Å²) in [6.07, 6.45) is 7.33. The van der Waals surface area contributed by atoms with E-state index in [2.05, 4.69) is 19.9 Å². The van der Waals surface area contributed by atoms with Gasteiger partial charge >= 0.3 is 0 Å². The number of aliphatic hydroxyl groups is 2. The van der Waals surface area contributed by atoms with Crippen molar-refractivity contribution >= 4 is 11.6 Å². The summed E-state index contributed by atoms with van der Waals surface area (Å²) in [5.41, 5.74) is 0.145. The SMILES string of the molecule is CC=C1C[C@@H]2[C@H](CC[C@@]3(C)[C@H]2CC[C@]3(O)C(C)=O)[C@]2(C)C1=CC(=O)C[C@H]2O. The van der Waals surface area contributed by atoms with Gasteiger partial charge in [0.25, 0.3) is 0 Å². The van der Waals surface area contributed by atoms with Crippen LogP contribution in [0.2, 0.25) is 0 Å². The standard InChI is InChI=1S/C23H32O4/c1-5-14-10-16-17-7-9-23(27,13(2)24)21(17,3)8-6-18(16)22(4)19(14)11-15(25)12-20(22)26/h5,11,16-18,20,26-27H,6-10,12H2,1-4H3/t16-,17-,18-,20+,21-,22+,23-/m0/s1. The van der Waals surface area contributed by atoms with Gasteiger partial charge in [-0.2, -0.15) is 0 Å². The molecule has 2 N–H and O–H groups in total. The molecule has 3 saturated carbocycles. The molecule has 0 radical (unpaired) electrons. The van der Waals surface area contributed by atoms with Crippen LogP contribution in [0.4, 0.5) is 0 Å². The van der Waals surface area contributed by atoms with E-state index in [1.807, 2.05) is 6.92 Å². The maximum atomic E-state index is 12.3. The Morgan fingerprint density at radius 1 is 1.19 bits per heavy atom. The summed E-state index contributed by atoms with van der Waals surface area (Å²) >= 11 is 0. The van der Waals surface area contributed by atoms with Gasteiger partial charge in [-0.25, -0.2) is 0 Å². The minimum absolute atomic E-state index is 0.0141. The second kappa shape index (κ2) is 5.87. The van der Waals surface area contributed by atoms with Gasteiger partial charge in [-0.3, -0.25) is 9.59 Å². The number of fused-ring (bicyclic) bond motifs is 5. The average Bonchev–Trinajstić information content (AvgIpc) is 2.89. The number of Topliss-reactive ketones (excluding diaryl/α,β-unsaturated/α-hetero) is 1. The molecule has 4 heteroatoms. The Balaban J connectivity index is 1.80. The van der Waals surface area contributed by atoms with Gasteiger partial charge in [0.15, 0.2) is 11.6 Å². The molecule has 0 amide bonds. The van der Waals surface area contributed by atoms with E-state index in [-0.39, 0.29) is 29.8 Å². The molecule has 0 unspecified atom stereocenters. The maximum absolute atomic E-state index is 12.3. The summed E-state index contributed by atoms with van der Waals surface area (Å²) in [4.78, 5) is 24.5. The minimum atomic E-state index is -1.23. The normalized spacial score (nSPS) is 50.7. The lowest BCUT2D eigenvalue weighted by Gasteiger charge is -2.60. The van der Waals surface area contributed by atoms with Crippen LogP contribution >= 0.6 is 0 Å². The van der Waals surface area contributed by atoms with Crippen LogP contribution in [0.5, 0.6) is 0 Å². The molecule has 4 nitrogen and oxygen atoms in total. The Morgan fingerprint density at radius 2 is 1.85 bits per heavy atom. The fourth-order valence-corrected chi connectivity index (χ4v) is 7.39. The van der Waals surface area contributed by atoms with Crippen molar-refractivity contribution in [3.8, 4) is 0 Å². The first-order valence-electron chi connectivity index (χ1n) is 10.4. The number of aliphatic hydroxyl groups excluding tert-OH is 1. The minimum Gasteiger partial charge on any atom is -0.392 e. The van der Waals surface area contributed by atoms with E-state index in [0.29, 0.717) is 12.3 Å². The fourth-order valence-electron chi connectivity index (χ4n) is 7.39. The smallest absolute Gasteiger partial charge is 0.161 e. The molecule has 0 aromatic rings. The Bertz CT molecular complexity index is 764. The van der Waals surface area contributed by atoms with E-state index in [1.165, 1.54) is 6.92 Å². The number of allylic oxidation sites excluding steroid dienone is 2. The van der Waals surface area contributed by atoms with Gasteiger partial charge in [0, 0.05) is 17.3 Å². The summed E-state index contributed by atoms with van der Waals surface area (Å²) in [6.45, 7) is 7.76. The molecule has 0 aromatic carbocycles. The Hall–Kier alpha value is -1.26. The van der Waals surface area contributed by atoms with Gasteiger partial charge < -0.3 is 10.2 Å². The number of ketones is 2. The van der Waals surface area contributed by atoms with Gasteiger partial charge in [0.1, 0.15) is 5.60 Å². The van der Waals surface area contributed by atoms with E-state index in [1.54, 1.807) is 6.08 Å². The number of carbonyl (C=O) groups excluding carboxylic acids is 2. The van der Waals surface area contributed by atoms with E-state index in [9.17, 15) is 19.8 Å². The summed E-state index contributed by atoms with van der Waals surface area (Å²) in [7, 11) is 0. The lowest BCUT2D eigenvalue weighted by molar-refractivity contribution is -0.162. The van der Waals surface area contributed by atoms with E-state index in [4.69, 9.17) is 0 Å². The van der Waals surface area contributed by atoms with Crippen LogP contribution < -0.4 is 0 Å². The Labute approximate surface area is 161 Å². The van der Waals surface area contributed by atoms with Crippen LogP contribution in [0.15, 0.2) is 23.3 Å². The molecule has 0 aliphatic heterocycles. The quantitative estimate of drug-likeness (QED) is 0.740. The van der Waals surface area contributed by atoms with Crippen LogP contribution in [0.1, 0.15) is 66.2 Å². The third kappa shape index (κ3) is 2.23. The van der Waals surface area contributed by atoms with Crippen molar-refractivity contribution in [1.82, 2.24) is 0 Å². The van der Waals surface area contributed by atoms with E-state index >= 15 is 0 Å². The molecule has 4 rings (SSSR count). The predicted octanol–water partition coefficient (Wildman–Crippen LogP) is 3.37. The van der Waals surface area contributed by atoms with Crippen LogP contribution in [0.25, 0.3) is 0 Å². The first-order chi connectivity index (χ1) is 12.6. The second-order valence-corrected chi connectivity index (χ2v) is 9.83. The zero-order chi connectivity index (χ0) is 19.8. The average molecular weight is 373 g/mol. The number of hydrogen-bond acceptors (Lipinski definition) is 4. The summed E-state index contributed by atoms with van der Waals surface area (Å²) in [6, 6.07) is 0. The summed E-state index contributed by atoms with van der Waals surface area (Å²) in [5.74, 6) is 0.780. The molecular weight excluding hydrogens is 340 g/mol.